The number of nitrogens with one attached hydrogen (secondary N) is 1. The van der Waals surface area contributed by atoms with E-state index in [1.807, 2.05) is 24.3 Å². The van der Waals surface area contributed by atoms with Crippen molar-refractivity contribution in [2.24, 2.45) is 0 Å². The largest absolute Gasteiger partial charge is 0.378 e. The second-order valence-electron chi connectivity index (χ2n) is 6.62. The van der Waals surface area contributed by atoms with E-state index in [2.05, 4.69) is 20.9 Å². The number of aromatic nitrogens is 2. The van der Waals surface area contributed by atoms with Crippen molar-refractivity contribution in [2.45, 2.75) is 6.54 Å². The molecule has 28 heavy (non-hydrogen) atoms. The summed E-state index contributed by atoms with van der Waals surface area (Å²) in [6.45, 7) is 2.60. The molecular formula is C20H18BrN3O3S. The second-order valence-corrected chi connectivity index (χ2v) is 7.92. The van der Waals surface area contributed by atoms with Crippen LogP contribution in [0.3, 0.4) is 0 Å². The Kier molecular flexibility index (Phi) is 5.43. The topological polar surface area (TPSA) is 67.3 Å². The van der Waals surface area contributed by atoms with Crippen LogP contribution >= 0.6 is 28.1 Å². The highest BCUT2D eigenvalue weighted by molar-refractivity contribution is 9.10. The summed E-state index contributed by atoms with van der Waals surface area (Å²) in [5.74, 6) is -0.0668. The fraction of sp³-hybridized carbons (Fsp3) is 0.250. The molecule has 1 aliphatic rings. The molecule has 0 aliphatic carbocycles. The Balaban J connectivity index is 1.71. The molecule has 0 spiro atoms. The van der Waals surface area contributed by atoms with Gasteiger partial charge in [-0.1, -0.05) is 28.1 Å². The molecule has 0 unspecified atom stereocenters. The van der Waals surface area contributed by atoms with Gasteiger partial charge in [0.15, 0.2) is 4.77 Å². The van der Waals surface area contributed by atoms with Gasteiger partial charge in [0.2, 0.25) is 0 Å². The van der Waals surface area contributed by atoms with Gasteiger partial charge in [-0.25, -0.2) is 0 Å². The minimum Gasteiger partial charge on any atom is -0.378 e. The fourth-order valence-electron chi connectivity index (χ4n) is 3.30. The summed E-state index contributed by atoms with van der Waals surface area (Å²) in [4.78, 5) is 30.5. The summed E-state index contributed by atoms with van der Waals surface area (Å²) in [6.07, 6.45) is 0. The van der Waals surface area contributed by atoms with E-state index in [1.54, 1.807) is 23.1 Å². The normalized spacial score (nSPS) is 14.4. The van der Waals surface area contributed by atoms with Crippen molar-refractivity contribution < 1.29 is 9.53 Å². The number of rotatable bonds is 3. The third-order valence-electron chi connectivity index (χ3n) is 4.76. The molecule has 1 saturated heterocycles. The van der Waals surface area contributed by atoms with Crippen LogP contribution in [0, 0.1) is 4.77 Å². The summed E-state index contributed by atoms with van der Waals surface area (Å²) >= 11 is 8.86. The Bertz CT molecular complexity index is 1170. The van der Waals surface area contributed by atoms with Crippen LogP contribution in [0.1, 0.15) is 15.9 Å². The molecule has 8 heteroatoms. The van der Waals surface area contributed by atoms with Gasteiger partial charge in [-0.2, -0.15) is 0 Å². The number of hydrogen-bond donors (Lipinski definition) is 1. The number of fused-ring (bicyclic) bond motifs is 1. The van der Waals surface area contributed by atoms with Crippen LogP contribution in [-0.2, 0) is 11.3 Å². The van der Waals surface area contributed by atoms with E-state index in [9.17, 15) is 9.59 Å². The quantitative estimate of drug-likeness (QED) is 0.609. The average Bonchev–Trinajstić information content (AvgIpc) is 2.71. The van der Waals surface area contributed by atoms with E-state index >= 15 is 0 Å². The number of benzene rings is 2. The highest BCUT2D eigenvalue weighted by atomic mass is 79.9. The number of amides is 1. The molecule has 3 aromatic rings. The van der Waals surface area contributed by atoms with Crippen molar-refractivity contribution in [3.63, 3.8) is 0 Å². The summed E-state index contributed by atoms with van der Waals surface area (Å²) in [7, 11) is 0. The zero-order valence-corrected chi connectivity index (χ0v) is 17.4. The van der Waals surface area contributed by atoms with Crippen LogP contribution in [0.2, 0.25) is 0 Å². The van der Waals surface area contributed by atoms with Crippen molar-refractivity contribution in [1.82, 2.24) is 14.5 Å². The van der Waals surface area contributed by atoms with Gasteiger partial charge in [0.05, 0.1) is 30.7 Å². The molecule has 144 valence electrons. The van der Waals surface area contributed by atoms with E-state index in [1.165, 1.54) is 4.57 Å². The van der Waals surface area contributed by atoms with Crippen molar-refractivity contribution in [3.05, 3.63) is 73.2 Å². The molecule has 0 radical (unpaired) electrons. The van der Waals surface area contributed by atoms with Gasteiger partial charge in [0.1, 0.15) is 0 Å². The lowest BCUT2D eigenvalue weighted by Gasteiger charge is -2.26. The number of carbonyl (C=O) groups excluding carboxylic acids is 1. The molecule has 1 amide bonds. The maximum absolute atomic E-state index is 13.0. The number of aromatic amines is 1. The summed E-state index contributed by atoms with van der Waals surface area (Å²) < 4.78 is 8.10. The maximum Gasteiger partial charge on any atom is 0.262 e. The van der Waals surface area contributed by atoms with Gasteiger partial charge in [-0.15, -0.1) is 0 Å². The number of morpholine rings is 1. The zero-order valence-electron chi connectivity index (χ0n) is 15.0. The standard InChI is InChI=1S/C20H18BrN3O3S/c21-15-3-1-2-13(10-15)12-24-19(26)16-5-4-14(11-17(16)22-20(24)28)18(25)23-6-8-27-9-7-23/h1-5,10-11H,6-9,12H2,(H,22,28). The molecule has 0 saturated carbocycles. The maximum atomic E-state index is 13.0. The Morgan fingerprint density at radius 3 is 2.71 bits per heavy atom. The number of H-pyrrole nitrogens is 1. The lowest BCUT2D eigenvalue weighted by molar-refractivity contribution is 0.0303. The van der Waals surface area contributed by atoms with Crippen LogP contribution < -0.4 is 5.56 Å². The molecule has 0 bridgehead atoms. The lowest BCUT2D eigenvalue weighted by atomic mass is 10.1. The smallest absolute Gasteiger partial charge is 0.262 e. The Labute approximate surface area is 174 Å². The molecule has 1 aliphatic heterocycles. The molecule has 4 rings (SSSR count). The van der Waals surface area contributed by atoms with Crippen LogP contribution in [0.4, 0.5) is 0 Å². The average molecular weight is 460 g/mol. The lowest BCUT2D eigenvalue weighted by Crippen LogP contribution is -2.40. The molecule has 6 nitrogen and oxygen atoms in total. The van der Waals surface area contributed by atoms with Gasteiger partial charge >= 0.3 is 0 Å². The number of carbonyl (C=O) groups is 1. The third kappa shape index (κ3) is 3.80. The van der Waals surface area contributed by atoms with E-state index < -0.39 is 0 Å². The SMILES string of the molecule is O=C(c1ccc2c(=O)n(Cc3cccc(Br)c3)c(=S)[nH]c2c1)N1CCOCC1. The number of halogens is 1. The molecule has 0 atom stereocenters. The fourth-order valence-corrected chi connectivity index (χ4v) is 4.00. The molecule has 2 heterocycles. The first-order chi connectivity index (χ1) is 13.5. The Morgan fingerprint density at radius 1 is 1.18 bits per heavy atom. The van der Waals surface area contributed by atoms with Gasteiger partial charge in [-0.05, 0) is 48.1 Å². The van der Waals surface area contributed by atoms with Crippen molar-refractivity contribution in [3.8, 4) is 0 Å². The van der Waals surface area contributed by atoms with Gasteiger partial charge in [0, 0.05) is 23.1 Å². The molecule has 1 fully saturated rings. The third-order valence-corrected chi connectivity index (χ3v) is 5.57. The van der Waals surface area contributed by atoms with Crippen LogP contribution in [0.25, 0.3) is 10.9 Å². The van der Waals surface area contributed by atoms with Crippen LogP contribution in [0.15, 0.2) is 51.7 Å². The molecule has 1 aromatic heterocycles. The van der Waals surface area contributed by atoms with Crippen LogP contribution in [-0.4, -0.2) is 46.7 Å². The summed E-state index contributed by atoms with van der Waals surface area (Å²) in [6, 6.07) is 12.8. The van der Waals surface area contributed by atoms with E-state index in [4.69, 9.17) is 17.0 Å². The zero-order chi connectivity index (χ0) is 19.7. The van der Waals surface area contributed by atoms with Crippen molar-refractivity contribution in [2.75, 3.05) is 26.3 Å². The first-order valence-electron chi connectivity index (χ1n) is 8.91. The van der Waals surface area contributed by atoms with Gasteiger partial charge < -0.3 is 14.6 Å². The van der Waals surface area contributed by atoms with Gasteiger partial charge in [0.25, 0.3) is 11.5 Å². The molecule has 1 N–H and O–H groups in total. The summed E-state index contributed by atoms with van der Waals surface area (Å²) in [5.41, 5.74) is 1.89. The van der Waals surface area contributed by atoms with E-state index in [0.717, 1.165) is 10.0 Å². The summed E-state index contributed by atoms with van der Waals surface area (Å²) in [5, 5.41) is 0.502. The second kappa shape index (κ2) is 7.98. The predicted octanol–water partition coefficient (Wildman–Crippen LogP) is 3.34. The molecule has 2 aromatic carbocycles. The van der Waals surface area contributed by atoms with Crippen molar-refractivity contribution >= 4 is 45.0 Å². The first kappa shape index (κ1) is 19.0. The minimum atomic E-state index is -0.177. The van der Waals surface area contributed by atoms with Gasteiger partial charge in [-0.3, -0.25) is 14.2 Å². The highest BCUT2D eigenvalue weighted by Crippen LogP contribution is 2.16. The molecular weight excluding hydrogens is 442 g/mol. The first-order valence-corrected chi connectivity index (χ1v) is 10.1. The monoisotopic (exact) mass is 459 g/mol. The predicted molar refractivity (Wildman–Crippen MR) is 113 cm³/mol. The minimum absolute atomic E-state index is 0.0668. The number of nitrogens with zero attached hydrogens (tertiary/aromatic N) is 2. The number of ether oxygens (including phenoxy) is 1. The Morgan fingerprint density at radius 2 is 1.96 bits per heavy atom. The highest BCUT2D eigenvalue weighted by Gasteiger charge is 2.19. The van der Waals surface area contributed by atoms with Crippen LogP contribution in [0.5, 0.6) is 0 Å². The Hall–Kier alpha value is -2.29. The van der Waals surface area contributed by atoms with Crippen molar-refractivity contribution in [1.29, 1.82) is 0 Å². The van der Waals surface area contributed by atoms with E-state index in [0.29, 0.717) is 54.1 Å². The number of hydrogen-bond acceptors (Lipinski definition) is 4. The van der Waals surface area contributed by atoms with E-state index in [-0.39, 0.29) is 11.5 Å².